The van der Waals surface area contributed by atoms with E-state index >= 15 is 0 Å². The maximum atomic E-state index is 11.8. The van der Waals surface area contributed by atoms with E-state index < -0.39 is 0 Å². The molecule has 106 valence electrons. The molecular formula is C14H28N2O2. The van der Waals surface area contributed by atoms with Gasteiger partial charge in [-0.2, -0.15) is 0 Å². The van der Waals surface area contributed by atoms with E-state index in [0.717, 1.165) is 32.1 Å². The summed E-state index contributed by atoms with van der Waals surface area (Å²) >= 11 is 0. The third kappa shape index (κ3) is 5.83. The Morgan fingerprint density at radius 3 is 2.44 bits per heavy atom. The number of nitrogens with two attached hydrogens (primary N) is 1. The normalized spacial score (nSPS) is 23.9. The number of ether oxygens (including phenoxy) is 1. The second kappa shape index (κ2) is 9.34. The number of hydrogen-bond acceptors (Lipinski definition) is 4. The standard InChI is InChI=1S/C14H28N2O2/c1-2-3-4-5-6-11-18-14(17)12-7-9-13(16-15)10-8-12/h12-13,16H,2-11,15H2,1H3. The van der Waals surface area contributed by atoms with Crippen LogP contribution >= 0.6 is 0 Å². The molecule has 0 atom stereocenters. The van der Waals surface area contributed by atoms with Gasteiger partial charge in [0.25, 0.3) is 0 Å². The van der Waals surface area contributed by atoms with E-state index in [1.807, 2.05) is 0 Å². The zero-order chi connectivity index (χ0) is 13.2. The Kier molecular flexibility index (Phi) is 8.01. The number of hydrazine groups is 1. The molecule has 1 aliphatic rings. The highest BCUT2D eigenvalue weighted by Gasteiger charge is 2.26. The Hall–Kier alpha value is -0.610. The Morgan fingerprint density at radius 2 is 1.83 bits per heavy atom. The summed E-state index contributed by atoms with van der Waals surface area (Å²) < 4.78 is 5.34. The number of carbonyl (C=O) groups excluding carboxylic acids is 1. The molecule has 0 spiro atoms. The van der Waals surface area contributed by atoms with Crippen molar-refractivity contribution in [1.82, 2.24) is 5.43 Å². The van der Waals surface area contributed by atoms with E-state index in [9.17, 15) is 4.79 Å². The van der Waals surface area contributed by atoms with Crippen LogP contribution in [0.5, 0.6) is 0 Å². The average Bonchev–Trinajstić information content (AvgIpc) is 2.42. The van der Waals surface area contributed by atoms with E-state index in [0.29, 0.717) is 12.6 Å². The van der Waals surface area contributed by atoms with Crippen molar-refractivity contribution in [1.29, 1.82) is 0 Å². The van der Waals surface area contributed by atoms with E-state index in [1.165, 1.54) is 25.7 Å². The van der Waals surface area contributed by atoms with Crippen LogP contribution in [0.25, 0.3) is 0 Å². The number of unbranched alkanes of at least 4 members (excludes halogenated alkanes) is 4. The van der Waals surface area contributed by atoms with Crippen LogP contribution in [0.2, 0.25) is 0 Å². The van der Waals surface area contributed by atoms with Crippen LogP contribution < -0.4 is 11.3 Å². The van der Waals surface area contributed by atoms with Gasteiger partial charge in [-0.3, -0.25) is 16.1 Å². The lowest BCUT2D eigenvalue weighted by Gasteiger charge is -2.26. The highest BCUT2D eigenvalue weighted by molar-refractivity contribution is 5.72. The van der Waals surface area contributed by atoms with Crippen LogP contribution in [-0.4, -0.2) is 18.6 Å². The van der Waals surface area contributed by atoms with Gasteiger partial charge in [-0.05, 0) is 32.1 Å². The lowest BCUT2D eigenvalue weighted by Crippen LogP contribution is -2.39. The van der Waals surface area contributed by atoms with Gasteiger partial charge in [0.2, 0.25) is 0 Å². The number of carbonyl (C=O) groups is 1. The van der Waals surface area contributed by atoms with Crippen LogP contribution in [-0.2, 0) is 9.53 Å². The summed E-state index contributed by atoms with van der Waals surface area (Å²) in [5, 5.41) is 0. The summed E-state index contributed by atoms with van der Waals surface area (Å²) in [4.78, 5) is 11.8. The Labute approximate surface area is 111 Å². The summed E-state index contributed by atoms with van der Waals surface area (Å²) in [6.07, 6.45) is 9.73. The molecule has 0 saturated heterocycles. The maximum absolute atomic E-state index is 11.8. The predicted molar refractivity (Wildman–Crippen MR) is 72.8 cm³/mol. The molecular weight excluding hydrogens is 228 g/mol. The van der Waals surface area contributed by atoms with Gasteiger partial charge >= 0.3 is 5.97 Å². The molecule has 1 fully saturated rings. The number of rotatable bonds is 8. The molecule has 3 N–H and O–H groups in total. The van der Waals surface area contributed by atoms with Crippen molar-refractivity contribution in [2.24, 2.45) is 11.8 Å². The number of hydrogen-bond donors (Lipinski definition) is 2. The Balaban J connectivity index is 2.03. The molecule has 1 rings (SSSR count). The molecule has 0 aromatic heterocycles. The van der Waals surface area contributed by atoms with Crippen molar-refractivity contribution in [3.63, 3.8) is 0 Å². The summed E-state index contributed by atoms with van der Waals surface area (Å²) in [6.45, 7) is 2.80. The minimum absolute atomic E-state index is 0.000892. The minimum Gasteiger partial charge on any atom is -0.465 e. The number of esters is 1. The molecule has 0 bridgehead atoms. The molecule has 0 unspecified atom stereocenters. The molecule has 0 aromatic carbocycles. The predicted octanol–water partition coefficient (Wildman–Crippen LogP) is 2.52. The van der Waals surface area contributed by atoms with Crippen molar-refractivity contribution in [2.75, 3.05) is 6.61 Å². The van der Waals surface area contributed by atoms with Crippen LogP contribution in [0.3, 0.4) is 0 Å². The average molecular weight is 256 g/mol. The van der Waals surface area contributed by atoms with E-state index in [1.54, 1.807) is 0 Å². The van der Waals surface area contributed by atoms with Gasteiger partial charge in [-0.25, -0.2) is 0 Å². The molecule has 0 amide bonds. The summed E-state index contributed by atoms with van der Waals surface area (Å²) in [5.41, 5.74) is 2.78. The lowest BCUT2D eigenvalue weighted by atomic mass is 9.86. The lowest BCUT2D eigenvalue weighted by molar-refractivity contribution is -0.149. The monoisotopic (exact) mass is 256 g/mol. The van der Waals surface area contributed by atoms with Crippen molar-refractivity contribution in [3.8, 4) is 0 Å². The van der Waals surface area contributed by atoms with Crippen molar-refractivity contribution in [3.05, 3.63) is 0 Å². The maximum Gasteiger partial charge on any atom is 0.308 e. The van der Waals surface area contributed by atoms with Gasteiger partial charge in [0.1, 0.15) is 0 Å². The molecule has 4 nitrogen and oxygen atoms in total. The summed E-state index contributed by atoms with van der Waals surface area (Å²) in [7, 11) is 0. The molecule has 1 saturated carbocycles. The Morgan fingerprint density at radius 1 is 1.17 bits per heavy atom. The van der Waals surface area contributed by atoms with Crippen LogP contribution in [0, 0.1) is 5.92 Å². The molecule has 18 heavy (non-hydrogen) atoms. The first-order chi connectivity index (χ1) is 8.77. The molecule has 0 heterocycles. The van der Waals surface area contributed by atoms with E-state index in [-0.39, 0.29) is 11.9 Å². The molecule has 0 aromatic rings. The third-order valence-corrected chi connectivity index (χ3v) is 3.79. The van der Waals surface area contributed by atoms with Gasteiger partial charge in [-0.15, -0.1) is 0 Å². The Bertz CT molecular complexity index is 226. The second-order valence-electron chi connectivity index (χ2n) is 5.30. The zero-order valence-corrected chi connectivity index (χ0v) is 11.6. The first-order valence-corrected chi connectivity index (χ1v) is 7.40. The van der Waals surface area contributed by atoms with Gasteiger partial charge in [0, 0.05) is 6.04 Å². The fourth-order valence-electron chi connectivity index (χ4n) is 2.49. The van der Waals surface area contributed by atoms with Gasteiger partial charge in [-0.1, -0.05) is 32.6 Å². The quantitative estimate of drug-likeness (QED) is 0.303. The topological polar surface area (TPSA) is 64.3 Å². The first kappa shape index (κ1) is 15.4. The fraction of sp³-hybridized carbons (Fsp3) is 0.929. The van der Waals surface area contributed by atoms with Crippen molar-refractivity contribution >= 4 is 5.97 Å². The van der Waals surface area contributed by atoms with Crippen molar-refractivity contribution in [2.45, 2.75) is 70.8 Å². The highest BCUT2D eigenvalue weighted by Crippen LogP contribution is 2.25. The van der Waals surface area contributed by atoms with Crippen LogP contribution in [0.15, 0.2) is 0 Å². The summed E-state index contributed by atoms with van der Waals surface area (Å²) in [6, 6.07) is 0.378. The summed E-state index contributed by atoms with van der Waals surface area (Å²) in [5.74, 6) is 5.50. The second-order valence-corrected chi connectivity index (χ2v) is 5.30. The number of nitrogens with one attached hydrogen (secondary N) is 1. The molecule has 1 aliphatic carbocycles. The third-order valence-electron chi connectivity index (χ3n) is 3.79. The van der Waals surface area contributed by atoms with E-state index in [2.05, 4.69) is 12.3 Å². The smallest absolute Gasteiger partial charge is 0.308 e. The van der Waals surface area contributed by atoms with Gasteiger partial charge < -0.3 is 4.74 Å². The molecule has 0 aliphatic heterocycles. The zero-order valence-electron chi connectivity index (χ0n) is 11.6. The van der Waals surface area contributed by atoms with Gasteiger partial charge in [0.05, 0.1) is 12.5 Å². The van der Waals surface area contributed by atoms with Crippen molar-refractivity contribution < 1.29 is 9.53 Å². The SMILES string of the molecule is CCCCCCCOC(=O)C1CCC(NN)CC1. The van der Waals surface area contributed by atoms with Crippen LogP contribution in [0.1, 0.15) is 64.7 Å². The first-order valence-electron chi connectivity index (χ1n) is 7.40. The molecule has 0 radical (unpaired) electrons. The minimum atomic E-state index is 0.000892. The van der Waals surface area contributed by atoms with E-state index in [4.69, 9.17) is 10.6 Å². The van der Waals surface area contributed by atoms with Gasteiger partial charge in [0.15, 0.2) is 0 Å². The van der Waals surface area contributed by atoms with Crippen LogP contribution in [0.4, 0.5) is 0 Å². The fourth-order valence-corrected chi connectivity index (χ4v) is 2.49. The largest absolute Gasteiger partial charge is 0.465 e. The highest BCUT2D eigenvalue weighted by atomic mass is 16.5. The molecule has 4 heteroatoms.